The van der Waals surface area contributed by atoms with Crippen molar-refractivity contribution >= 4 is 11.7 Å². The number of ether oxygens (including phenoxy) is 1. The first-order chi connectivity index (χ1) is 13.2. The average Bonchev–Trinajstić information content (AvgIpc) is 2.73. The smallest absolute Gasteiger partial charge is 0.308 e. The van der Waals surface area contributed by atoms with Crippen LogP contribution in [0, 0.1) is 0 Å². The molecule has 0 aliphatic heterocycles. The standard InChI is InChI=1S/C23H23NO3/c25-22(19-12-6-2-7-13-19)17-27-23(26)16-21(18-10-4-1-5-11-18)24-20-14-8-3-9-15-20/h1-15,21-22,24-25H,16-17H2/t21-,22-/m0/s1. The van der Waals surface area contributed by atoms with Crippen LogP contribution in [0.15, 0.2) is 91.0 Å². The number of hydrogen-bond donors (Lipinski definition) is 2. The molecule has 0 aliphatic rings. The lowest BCUT2D eigenvalue weighted by Crippen LogP contribution is -2.19. The Kier molecular flexibility index (Phi) is 6.61. The van der Waals surface area contributed by atoms with E-state index < -0.39 is 6.10 Å². The highest BCUT2D eigenvalue weighted by atomic mass is 16.5. The molecular weight excluding hydrogens is 338 g/mol. The largest absolute Gasteiger partial charge is 0.462 e. The minimum atomic E-state index is -0.826. The Hall–Kier alpha value is -3.11. The van der Waals surface area contributed by atoms with Crippen LogP contribution in [0.3, 0.4) is 0 Å². The van der Waals surface area contributed by atoms with Crippen molar-refractivity contribution in [2.24, 2.45) is 0 Å². The van der Waals surface area contributed by atoms with Crippen molar-refractivity contribution in [1.29, 1.82) is 0 Å². The zero-order valence-corrected chi connectivity index (χ0v) is 15.0. The first kappa shape index (κ1) is 18.7. The molecule has 0 saturated carbocycles. The van der Waals surface area contributed by atoms with Gasteiger partial charge in [0.25, 0.3) is 0 Å². The van der Waals surface area contributed by atoms with E-state index in [1.807, 2.05) is 91.0 Å². The maximum Gasteiger partial charge on any atom is 0.308 e. The third-order valence-corrected chi connectivity index (χ3v) is 4.27. The molecule has 0 amide bonds. The second kappa shape index (κ2) is 9.55. The summed E-state index contributed by atoms with van der Waals surface area (Å²) in [5.74, 6) is -0.359. The van der Waals surface area contributed by atoms with Gasteiger partial charge in [-0.25, -0.2) is 0 Å². The SMILES string of the molecule is O=C(C[C@H](Nc1ccccc1)c1ccccc1)OC[C@H](O)c1ccccc1. The van der Waals surface area contributed by atoms with Gasteiger partial charge in [0, 0.05) is 5.69 Å². The highest BCUT2D eigenvalue weighted by molar-refractivity contribution is 5.71. The van der Waals surface area contributed by atoms with E-state index in [2.05, 4.69) is 5.32 Å². The fraction of sp³-hybridized carbons (Fsp3) is 0.174. The predicted molar refractivity (Wildman–Crippen MR) is 106 cm³/mol. The van der Waals surface area contributed by atoms with Crippen LogP contribution in [0.5, 0.6) is 0 Å². The van der Waals surface area contributed by atoms with Crippen LogP contribution in [0.2, 0.25) is 0 Å². The first-order valence-corrected chi connectivity index (χ1v) is 8.97. The maximum absolute atomic E-state index is 12.4. The first-order valence-electron chi connectivity index (χ1n) is 8.97. The summed E-state index contributed by atoms with van der Waals surface area (Å²) in [6, 6.07) is 28.5. The summed E-state index contributed by atoms with van der Waals surface area (Å²) in [5, 5.41) is 13.5. The molecule has 0 spiro atoms. The lowest BCUT2D eigenvalue weighted by atomic mass is 10.0. The number of para-hydroxylation sites is 1. The molecule has 0 unspecified atom stereocenters. The number of aliphatic hydroxyl groups is 1. The number of nitrogens with one attached hydrogen (secondary N) is 1. The van der Waals surface area contributed by atoms with E-state index in [4.69, 9.17) is 4.74 Å². The molecule has 138 valence electrons. The van der Waals surface area contributed by atoms with E-state index in [0.29, 0.717) is 0 Å². The third-order valence-electron chi connectivity index (χ3n) is 4.27. The molecule has 2 N–H and O–H groups in total. The molecule has 3 rings (SSSR count). The van der Waals surface area contributed by atoms with Crippen LogP contribution < -0.4 is 5.32 Å². The van der Waals surface area contributed by atoms with E-state index in [-0.39, 0.29) is 25.0 Å². The summed E-state index contributed by atoms with van der Waals surface area (Å²) in [4.78, 5) is 12.4. The van der Waals surface area contributed by atoms with Crippen LogP contribution in [0.1, 0.15) is 29.7 Å². The van der Waals surface area contributed by atoms with Crippen molar-refractivity contribution in [3.63, 3.8) is 0 Å². The Morgan fingerprint density at radius 3 is 1.93 bits per heavy atom. The van der Waals surface area contributed by atoms with E-state index in [1.165, 1.54) is 0 Å². The van der Waals surface area contributed by atoms with Gasteiger partial charge in [0.2, 0.25) is 0 Å². The molecule has 4 heteroatoms. The summed E-state index contributed by atoms with van der Waals surface area (Å²) in [6.07, 6.45) is -0.659. The van der Waals surface area contributed by atoms with E-state index in [1.54, 1.807) is 0 Å². The number of rotatable bonds is 8. The minimum Gasteiger partial charge on any atom is -0.462 e. The molecular formula is C23H23NO3. The van der Waals surface area contributed by atoms with Crippen LogP contribution in [0.25, 0.3) is 0 Å². The molecule has 4 nitrogen and oxygen atoms in total. The number of carbonyl (C=O) groups is 1. The lowest BCUT2D eigenvalue weighted by molar-refractivity contribution is -0.147. The summed E-state index contributed by atoms with van der Waals surface area (Å²) < 4.78 is 5.32. The number of benzene rings is 3. The summed E-state index contributed by atoms with van der Waals surface area (Å²) in [5.41, 5.74) is 2.66. The molecule has 0 heterocycles. The van der Waals surface area contributed by atoms with Gasteiger partial charge >= 0.3 is 5.97 Å². The molecule has 0 radical (unpaired) electrons. The van der Waals surface area contributed by atoms with E-state index in [9.17, 15) is 9.90 Å². The highest BCUT2D eigenvalue weighted by Crippen LogP contribution is 2.23. The van der Waals surface area contributed by atoms with Crippen LogP contribution in [0.4, 0.5) is 5.69 Å². The average molecular weight is 361 g/mol. The number of carbonyl (C=O) groups excluding carboxylic acids is 1. The van der Waals surface area contributed by atoms with Gasteiger partial charge in [-0.05, 0) is 23.3 Å². The Labute approximate surface area is 159 Å². The zero-order valence-electron chi connectivity index (χ0n) is 15.0. The van der Waals surface area contributed by atoms with Gasteiger partial charge in [0.05, 0.1) is 12.5 Å². The number of anilines is 1. The summed E-state index contributed by atoms with van der Waals surface area (Å²) in [6.45, 7) is -0.0598. The van der Waals surface area contributed by atoms with Gasteiger partial charge in [-0.2, -0.15) is 0 Å². The highest BCUT2D eigenvalue weighted by Gasteiger charge is 2.18. The Morgan fingerprint density at radius 2 is 1.33 bits per heavy atom. The molecule has 0 aromatic heterocycles. The van der Waals surface area contributed by atoms with Gasteiger partial charge in [-0.3, -0.25) is 4.79 Å². The molecule has 2 atom stereocenters. The van der Waals surface area contributed by atoms with Gasteiger partial charge in [-0.1, -0.05) is 78.9 Å². The van der Waals surface area contributed by atoms with Crippen LogP contribution in [-0.2, 0) is 9.53 Å². The van der Waals surface area contributed by atoms with Gasteiger partial charge in [0.1, 0.15) is 12.7 Å². The van der Waals surface area contributed by atoms with Crippen molar-refractivity contribution in [2.45, 2.75) is 18.6 Å². The predicted octanol–water partition coefficient (Wildman–Crippen LogP) is 4.51. The lowest BCUT2D eigenvalue weighted by Gasteiger charge is -2.20. The Balaban J connectivity index is 1.62. The third kappa shape index (κ3) is 5.69. The second-order valence-electron chi connectivity index (χ2n) is 6.29. The minimum absolute atomic E-state index is 0.0598. The monoisotopic (exact) mass is 361 g/mol. The van der Waals surface area contributed by atoms with Crippen LogP contribution >= 0.6 is 0 Å². The Bertz CT molecular complexity index is 822. The molecule has 3 aromatic carbocycles. The fourth-order valence-corrected chi connectivity index (χ4v) is 2.84. The normalized spacial score (nSPS) is 12.8. The molecule has 0 bridgehead atoms. The van der Waals surface area contributed by atoms with Crippen molar-refractivity contribution < 1.29 is 14.6 Å². The molecule has 0 saturated heterocycles. The summed E-state index contributed by atoms with van der Waals surface area (Å²) in [7, 11) is 0. The number of esters is 1. The molecule has 3 aromatic rings. The second-order valence-corrected chi connectivity index (χ2v) is 6.29. The van der Waals surface area contributed by atoms with E-state index in [0.717, 1.165) is 16.8 Å². The Morgan fingerprint density at radius 1 is 0.815 bits per heavy atom. The molecule has 0 fully saturated rings. The number of hydrogen-bond acceptors (Lipinski definition) is 4. The van der Waals surface area contributed by atoms with Gasteiger partial charge in [0.15, 0.2) is 0 Å². The van der Waals surface area contributed by atoms with Crippen molar-refractivity contribution in [3.05, 3.63) is 102 Å². The zero-order chi connectivity index (χ0) is 18.9. The van der Waals surface area contributed by atoms with Crippen molar-refractivity contribution in [2.75, 3.05) is 11.9 Å². The quantitative estimate of drug-likeness (QED) is 0.580. The van der Waals surface area contributed by atoms with Crippen LogP contribution in [-0.4, -0.2) is 17.7 Å². The molecule has 0 aliphatic carbocycles. The molecule has 27 heavy (non-hydrogen) atoms. The van der Waals surface area contributed by atoms with Gasteiger partial charge in [-0.15, -0.1) is 0 Å². The number of aliphatic hydroxyl groups excluding tert-OH is 1. The van der Waals surface area contributed by atoms with Gasteiger partial charge < -0.3 is 15.2 Å². The fourth-order valence-electron chi connectivity index (χ4n) is 2.84. The summed E-state index contributed by atoms with van der Waals surface area (Å²) >= 11 is 0. The van der Waals surface area contributed by atoms with Crippen molar-refractivity contribution in [3.8, 4) is 0 Å². The van der Waals surface area contributed by atoms with E-state index >= 15 is 0 Å². The topological polar surface area (TPSA) is 58.6 Å². The van der Waals surface area contributed by atoms with Crippen molar-refractivity contribution in [1.82, 2.24) is 0 Å². The maximum atomic E-state index is 12.4.